The predicted molar refractivity (Wildman–Crippen MR) is 63.6 cm³/mol. The molecule has 2 nitrogen and oxygen atoms in total. The first-order valence-electron chi connectivity index (χ1n) is 5.28. The van der Waals surface area contributed by atoms with Gasteiger partial charge in [0, 0.05) is 0 Å². The highest BCUT2D eigenvalue weighted by molar-refractivity contribution is 14.1. The van der Waals surface area contributed by atoms with E-state index < -0.39 is 9.39 Å². The van der Waals surface area contributed by atoms with Crippen LogP contribution < -0.4 is 0 Å². The predicted octanol–water partition coefficient (Wildman–Crippen LogP) is 3.09. The molecule has 2 atom stereocenters. The Morgan fingerprint density at radius 1 is 1.29 bits per heavy atom. The first kappa shape index (κ1) is 10.7. The lowest BCUT2D eigenvalue weighted by molar-refractivity contribution is -0.141. The standard InChI is InChI=1S/C11H17IO2/c1-10(2)7-3-4-8(10)6-11(12,5-7)9(13)14/h7-8H,3-6H2,1-2H3,(H,13,14). The van der Waals surface area contributed by atoms with Crippen LogP contribution in [0.15, 0.2) is 0 Å². The van der Waals surface area contributed by atoms with Crippen LogP contribution in [0, 0.1) is 17.3 Å². The monoisotopic (exact) mass is 308 g/mol. The molecule has 80 valence electrons. The van der Waals surface area contributed by atoms with Gasteiger partial charge >= 0.3 is 5.97 Å². The maximum absolute atomic E-state index is 11.2. The zero-order valence-corrected chi connectivity index (χ0v) is 10.9. The Hall–Kier alpha value is 0.200. The maximum Gasteiger partial charge on any atom is 0.319 e. The summed E-state index contributed by atoms with van der Waals surface area (Å²) in [5, 5.41) is 9.22. The molecule has 0 radical (unpaired) electrons. The third-order valence-corrected chi connectivity index (χ3v) is 5.83. The molecular weight excluding hydrogens is 291 g/mol. The molecule has 0 aromatic rings. The summed E-state index contributed by atoms with van der Waals surface area (Å²) in [4.78, 5) is 11.2. The minimum absolute atomic E-state index is 0.379. The first-order chi connectivity index (χ1) is 6.36. The SMILES string of the molecule is CC1(C)C2CCC1CC(I)(C(=O)O)C2. The lowest BCUT2D eigenvalue weighted by atomic mass is 9.64. The van der Waals surface area contributed by atoms with Crippen molar-refractivity contribution in [2.75, 3.05) is 0 Å². The fraction of sp³-hybridized carbons (Fsp3) is 0.909. The highest BCUT2D eigenvalue weighted by atomic mass is 127. The third kappa shape index (κ3) is 1.39. The minimum atomic E-state index is -0.606. The molecule has 0 heterocycles. The van der Waals surface area contributed by atoms with Crippen molar-refractivity contribution >= 4 is 28.6 Å². The number of fused-ring (bicyclic) bond motifs is 2. The lowest BCUT2D eigenvalue weighted by Gasteiger charge is -2.44. The highest BCUT2D eigenvalue weighted by Crippen LogP contribution is 2.59. The third-order valence-electron chi connectivity index (χ3n) is 4.49. The molecule has 2 fully saturated rings. The van der Waals surface area contributed by atoms with Gasteiger partial charge in [0.25, 0.3) is 0 Å². The molecule has 0 aliphatic heterocycles. The molecule has 2 saturated carbocycles. The number of halogens is 1. The van der Waals surface area contributed by atoms with E-state index in [9.17, 15) is 9.90 Å². The Labute approximate surface area is 98.6 Å². The van der Waals surface area contributed by atoms with Gasteiger partial charge in [-0.2, -0.15) is 0 Å². The van der Waals surface area contributed by atoms with E-state index in [0.717, 1.165) is 12.8 Å². The molecule has 2 aliphatic rings. The molecule has 0 amide bonds. The summed E-state index contributed by atoms with van der Waals surface area (Å²) in [6, 6.07) is 0. The molecular formula is C11H17IO2. The van der Waals surface area contributed by atoms with Crippen molar-refractivity contribution in [1.82, 2.24) is 0 Å². The molecule has 2 unspecified atom stereocenters. The van der Waals surface area contributed by atoms with Crippen LogP contribution in [0.25, 0.3) is 0 Å². The van der Waals surface area contributed by atoms with Crippen LogP contribution in [0.5, 0.6) is 0 Å². The second-order valence-electron chi connectivity index (χ2n) is 5.47. The fourth-order valence-corrected chi connectivity index (χ4v) is 4.31. The smallest absolute Gasteiger partial charge is 0.319 e. The number of hydrogen-bond donors (Lipinski definition) is 1. The van der Waals surface area contributed by atoms with Crippen LogP contribution in [0.2, 0.25) is 0 Å². The Balaban J connectivity index is 2.25. The van der Waals surface area contributed by atoms with Crippen LogP contribution in [0.4, 0.5) is 0 Å². The van der Waals surface area contributed by atoms with Crippen molar-refractivity contribution in [3.63, 3.8) is 0 Å². The van der Waals surface area contributed by atoms with E-state index in [0.29, 0.717) is 17.3 Å². The number of hydrogen-bond acceptors (Lipinski definition) is 1. The van der Waals surface area contributed by atoms with Crippen LogP contribution >= 0.6 is 22.6 Å². The molecule has 14 heavy (non-hydrogen) atoms. The minimum Gasteiger partial charge on any atom is -0.480 e. The fourth-order valence-electron chi connectivity index (χ4n) is 3.25. The number of carboxylic acid groups (broad SMARTS) is 1. The van der Waals surface area contributed by atoms with Crippen LogP contribution in [-0.4, -0.2) is 14.5 Å². The first-order valence-corrected chi connectivity index (χ1v) is 6.36. The Morgan fingerprint density at radius 2 is 1.71 bits per heavy atom. The summed E-state index contributed by atoms with van der Waals surface area (Å²) >= 11 is 2.17. The molecule has 3 heteroatoms. The largest absolute Gasteiger partial charge is 0.480 e. The number of carbonyl (C=O) groups is 1. The van der Waals surface area contributed by atoms with Gasteiger partial charge in [-0.05, 0) is 42.9 Å². The maximum atomic E-state index is 11.2. The van der Waals surface area contributed by atoms with Gasteiger partial charge in [0.1, 0.15) is 3.42 Å². The summed E-state index contributed by atoms with van der Waals surface area (Å²) in [6.07, 6.45) is 4.20. The van der Waals surface area contributed by atoms with Crippen molar-refractivity contribution in [1.29, 1.82) is 0 Å². The van der Waals surface area contributed by atoms with Gasteiger partial charge in [-0.15, -0.1) is 0 Å². The average Bonchev–Trinajstić information content (AvgIpc) is 2.30. The van der Waals surface area contributed by atoms with E-state index >= 15 is 0 Å². The second-order valence-corrected chi connectivity index (χ2v) is 7.54. The molecule has 0 aromatic heterocycles. The summed E-state index contributed by atoms with van der Waals surface area (Å²) < 4.78 is -0.473. The summed E-state index contributed by atoms with van der Waals surface area (Å²) in [5.41, 5.74) is 0.379. The van der Waals surface area contributed by atoms with Gasteiger partial charge in [-0.1, -0.05) is 36.4 Å². The van der Waals surface area contributed by atoms with E-state index in [4.69, 9.17) is 0 Å². The van der Waals surface area contributed by atoms with Crippen molar-refractivity contribution in [3.8, 4) is 0 Å². The quantitative estimate of drug-likeness (QED) is 0.597. The van der Waals surface area contributed by atoms with Gasteiger partial charge in [0.15, 0.2) is 0 Å². The number of rotatable bonds is 1. The lowest BCUT2D eigenvalue weighted by Crippen LogP contribution is -2.45. The van der Waals surface area contributed by atoms with Crippen LogP contribution in [0.1, 0.15) is 39.5 Å². The van der Waals surface area contributed by atoms with E-state index in [2.05, 4.69) is 36.4 Å². The molecule has 2 bridgehead atoms. The van der Waals surface area contributed by atoms with Crippen molar-refractivity contribution in [3.05, 3.63) is 0 Å². The van der Waals surface area contributed by atoms with Crippen molar-refractivity contribution in [2.24, 2.45) is 17.3 Å². The van der Waals surface area contributed by atoms with Crippen LogP contribution in [-0.2, 0) is 4.79 Å². The Morgan fingerprint density at radius 3 is 2.07 bits per heavy atom. The van der Waals surface area contributed by atoms with E-state index in [-0.39, 0.29) is 0 Å². The summed E-state index contributed by atoms with van der Waals surface area (Å²) in [5.74, 6) is 0.633. The molecule has 1 N–H and O–H groups in total. The van der Waals surface area contributed by atoms with Crippen molar-refractivity contribution in [2.45, 2.75) is 43.0 Å². The normalized spacial score (nSPS) is 45.1. The number of alkyl halides is 1. The highest BCUT2D eigenvalue weighted by Gasteiger charge is 2.55. The summed E-state index contributed by atoms with van der Waals surface area (Å²) in [6.45, 7) is 4.63. The zero-order chi connectivity index (χ0) is 10.6. The molecule has 2 aliphatic carbocycles. The van der Waals surface area contributed by atoms with Crippen LogP contribution in [0.3, 0.4) is 0 Å². The zero-order valence-electron chi connectivity index (χ0n) is 8.72. The van der Waals surface area contributed by atoms with Gasteiger partial charge < -0.3 is 5.11 Å². The van der Waals surface area contributed by atoms with Gasteiger partial charge in [0.05, 0.1) is 0 Å². The van der Waals surface area contributed by atoms with Gasteiger partial charge in [-0.25, -0.2) is 0 Å². The second kappa shape index (κ2) is 3.09. The Kier molecular flexibility index (Phi) is 2.37. The Bertz CT molecular complexity index is 256. The molecule has 0 saturated heterocycles. The van der Waals surface area contributed by atoms with E-state index in [1.165, 1.54) is 12.8 Å². The number of carboxylic acids is 1. The molecule has 0 aromatic carbocycles. The van der Waals surface area contributed by atoms with Gasteiger partial charge in [0.2, 0.25) is 0 Å². The topological polar surface area (TPSA) is 37.3 Å². The molecule has 2 rings (SSSR count). The summed E-state index contributed by atoms with van der Waals surface area (Å²) in [7, 11) is 0. The number of aliphatic carboxylic acids is 1. The van der Waals surface area contributed by atoms with E-state index in [1.54, 1.807) is 0 Å². The van der Waals surface area contributed by atoms with Crippen molar-refractivity contribution < 1.29 is 9.90 Å². The van der Waals surface area contributed by atoms with E-state index in [1.807, 2.05) is 0 Å². The molecule has 0 spiro atoms. The van der Waals surface area contributed by atoms with Gasteiger partial charge in [-0.3, -0.25) is 4.79 Å². The average molecular weight is 308 g/mol.